The summed E-state index contributed by atoms with van der Waals surface area (Å²) in [6, 6.07) is 0. The Bertz CT molecular complexity index is 193. The number of hydrogen-bond acceptors (Lipinski definition) is 1. The Morgan fingerprint density at radius 2 is 1.85 bits per heavy atom. The molecule has 0 radical (unpaired) electrons. The Balaban J connectivity index is 1.89. The lowest BCUT2D eigenvalue weighted by molar-refractivity contribution is -0.118. The molecule has 0 aromatic heterocycles. The van der Waals surface area contributed by atoms with Gasteiger partial charge in [-0.2, -0.15) is 0 Å². The molecule has 0 aliphatic heterocycles. The van der Waals surface area contributed by atoms with Crippen molar-refractivity contribution >= 4 is 5.78 Å². The van der Waals surface area contributed by atoms with Gasteiger partial charge in [-0.05, 0) is 37.5 Å². The van der Waals surface area contributed by atoms with Gasteiger partial charge >= 0.3 is 0 Å². The van der Waals surface area contributed by atoms with Crippen molar-refractivity contribution in [1.29, 1.82) is 0 Å². The molecule has 2 unspecified atom stereocenters. The van der Waals surface area contributed by atoms with Gasteiger partial charge in [0, 0.05) is 6.42 Å². The quantitative estimate of drug-likeness (QED) is 0.652. The molecule has 0 bridgehead atoms. The van der Waals surface area contributed by atoms with Crippen LogP contribution < -0.4 is 0 Å². The van der Waals surface area contributed by atoms with E-state index in [2.05, 4.69) is 0 Å². The first-order valence-electron chi connectivity index (χ1n) is 5.77. The van der Waals surface area contributed by atoms with Gasteiger partial charge in [0.15, 0.2) is 0 Å². The van der Waals surface area contributed by atoms with Gasteiger partial charge in [0.2, 0.25) is 0 Å². The molecule has 0 saturated heterocycles. The molecule has 13 heavy (non-hydrogen) atoms. The minimum atomic E-state index is 0.399. The van der Waals surface area contributed by atoms with Crippen molar-refractivity contribution in [2.75, 3.05) is 0 Å². The fraction of sp³-hybridized carbons (Fsp3) is 0.917. The Kier molecular flexibility index (Phi) is 2.71. The Morgan fingerprint density at radius 1 is 1.15 bits per heavy atom. The SMILES string of the molecule is CC(=O)CC1CCCC1C1CCC1. The summed E-state index contributed by atoms with van der Waals surface area (Å²) in [5, 5.41) is 0. The summed E-state index contributed by atoms with van der Waals surface area (Å²) in [5.74, 6) is 3.06. The second kappa shape index (κ2) is 3.81. The maximum atomic E-state index is 11.1. The van der Waals surface area contributed by atoms with Crippen LogP contribution in [0.15, 0.2) is 0 Å². The standard InChI is InChI=1S/C12H20O/c1-9(13)8-11-6-3-7-12(11)10-4-2-5-10/h10-12H,2-8H2,1H3. The molecular weight excluding hydrogens is 160 g/mol. The fourth-order valence-electron chi connectivity index (χ4n) is 3.18. The van der Waals surface area contributed by atoms with Crippen molar-refractivity contribution < 1.29 is 4.79 Å². The molecule has 2 saturated carbocycles. The summed E-state index contributed by atoms with van der Waals surface area (Å²) < 4.78 is 0. The van der Waals surface area contributed by atoms with E-state index in [-0.39, 0.29) is 0 Å². The zero-order valence-electron chi connectivity index (χ0n) is 8.59. The molecule has 74 valence electrons. The highest BCUT2D eigenvalue weighted by atomic mass is 16.1. The summed E-state index contributed by atoms with van der Waals surface area (Å²) in [6.07, 6.45) is 9.29. The summed E-state index contributed by atoms with van der Waals surface area (Å²) in [7, 11) is 0. The van der Waals surface area contributed by atoms with Crippen molar-refractivity contribution in [2.45, 2.75) is 51.9 Å². The zero-order chi connectivity index (χ0) is 9.26. The molecule has 1 nitrogen and oxygen atoms in total. The van der Waals surface area contributed by atoms with E-state index in [1.165, 1.54) is 38.5 Å². The third kappa shape index (κ3) is 1.95. The van der Waals surface area contributed by atoms with Gasteiger partial charge in [0.1, 0.15) is 5.78 Å². The normalized spacial score (nSPS) is 34.5. The predicted molar refractivity (Wildman–Crippen MR) is 53.5 cm³/mol. The monoisotopic (exact) mass is 180 g/mol. The van der Waals surface area contributed by atoms with E-state index in [4.69, 9.17) is 0 Å². The van der Waals surface area contributed by atoms with E-state index in [1.807, 2.05) is 0 Å². The molecule has 1 heteroatoms. The first kappa shape index (κ1) is 9.23. The van der Waals surface area contributed by atoms with Gasteiger partial charge < -0.3 is 4.79 Å². The third-order valence-corrected chi connectivity index (χ3v) is 4.02. The first-order chi connectivity index (χ1) is 6.27. The molecule has 0 spiro atoms. The highest BCUT2D eigenvalue weighted by molar-refractivity contribution is 5.75. The van der Waals surface area contributed by atoms with Crippen molar-refractivity contribution in [1.82, 2.24) is 0 Å². The molecule has 0 amide bonds. The molecule has 2 aliphatic carbocycles. The lowest BCUT2D eigenvalue weighted by Gasteiger charge is -2.34. The summed E-state index contributed by atoms with van der Waals surface area (Å²) in [6.45, 7) is 1.75. The molecule has 0 N–H and O–H groups in total. The maximum Gasteiger partial charge on any atom is 0.130 e. The largest absolute Gasteiger partial charge is 0.300 e. The van der Waals surface area contributed by atoms with E-state index in [9.17, 15) is 4.79 Å². The van der Waals surface area contributed by atoms with Crippen LogP contribution in [0, 0.1) is 17.8 Å². The van der Waals surface area contributed by atoms with Crippen LogP contribution in [0.2, 0.25) is 0 Å². The Hall–Kier alpha value is -0.330. The van der Waals surface area contributed by atoms with Crippen molar-refractivity contribution in [3.8, 4) is 0 Å². The summed E-state index contributed by atoms with van der Waals surface area (Å²) in [5.41, 5.74) is 0. The van der Waals surface area contributed by atoms with Gasteiger partial charge in [-0.25, -0.2) is 0 Å². The highest BCUT2D eigenvalue weighted by Crippen LogP contribution is 2.46. The molecule has 0 heterocycles. The van der Waals surface area contributed by atoms with Gasteiger partial charge in [0.05, 0.1) is 0 Å². The number of carbonyl (C=O) groups is 1. The molecule has 2 rings (SSSR count). The number of ketones is 1. The minimum absolute atomic E-state index is 0.399. The van der Waals surface area contributed by atoms with Gasteiger partial charge in [-0.3, -0.25) is 0 Å². The zero-order valence-corrected chi connectivity index (χ0v) is 8.59. The van der Waals surface area contributed by atoms with Crippen molar-refractivity contribution in [3.05, 3.63) is 0 Å². The number of carbonyl (C=O) groups excluding carboxylic acids is 1. The average Bonchev–Trinajstić information content (AvgIpc) is 2.32. The van der Waals surface area contributed by atoms with Crippen LogP contribution in [0.5, 0.6) is 0 Å². The molecule has 0 aromatic carbocycles. The third-order valence-electron chi connectivity index (χ3n) is 4.02. The molecule has 2 fully saturated rings. The first-order valence-corrected chi connectivity index (χ1v) is 5.77. The number of hydrogen-bond donors (Lipinski definition) is 0. The summed E-state index contributed by atoms with van der Waals surface area (Å²) in [4.78, 5) is 11.1. The van der Waals surface area contributed by atoms with Gasteiger partial charge in [-0.15, -0.1) is 0 Å². The lowest BCUT2D eigenvalue weighted by Crippen LogP contribution is -2.25. The van der Waals surface area contributed by atoms with Crippen LogP contribution in [-0.4, -0.2) is 5.78 Å². The van der Waals surface area contributed by atoms with E-state index in [0.717, 1.165) is 24.2 Å². The van der Waals surface area contributed by atoms with E-state index in [1.54, 1.807) is 6.92 Å². The van der Waals surface area contributed by atoms with Gasteiger partial charge in [0.25, 0.3) is 0 Å². The van der Waals surface area contributed by atoms with E-state index < -0.39 is 0 Å². The molecular formula is C12H20O. The van der Waals surface area contributed by atoms with Crippen LogP contribution in [-0.2, 0) is 4.79 Å². The Morgan fingerprint density at radius 3 is 2.38 bits per heavy atom. The second-order valence-corrected chi connectivity index (χ2v) is 4.95. The fourth-order valence-corrected chi connectivity index (χ4v) is 3.18. The number of Topliss-reactive ketones (excluding diaryl/α,β-unsaturated/α-hetero) is 1. The molecule has 0 aromatic rings. The maximum absolute atomic E-state index is 11.1. The predicted octanol–water partition coefficient (Wildman–Crippen LogP) is 3.18. The minimum Gasteiger partial charge on any atom is -0.300 e. The molecule has 2 aliphatic rings. The van der Waals surface area contributed by atoms with E-state index in [0.29, 0.717) is 5.78 Å². The van der Waals surface area contributed by atoms with Crippen molar-refractivity contribution in [3.63, 3.8) is 0 Å². The van der Waals surface area contributed by atoms with Crippen LogP contribution >= 0.6 is 0 Å². The highest BCUT2D eigenvalue weighted by Gasteiger charge is 2.36. The van der Waals surface area contributed by atoms with Crippen LogP contribution in [0.25, 0.3) is 0 Å². The van der Waals surface area contributed by atoms with Crippen LogP contribution in [0.4, 0.5) is 0 Å². The lowest BCUT2D eigenvalue weighted by atomic mass is 9.71. The smallest absolute Gasteiger partial charge is 0.130 e. The average molecular weight is 180 g/mol. The second-order valence-electron chi connectivity index (χ2n) is 4.95. The topological polar surface area (TPSA) is 17.1 Å². The van der Waals surface area contributed by atoms with E-state index >= 15 is 0 Å². The molecule has 2 atom stereocenters. The summed E-state index contributed by atoms with van der Waals surface area (Å²) >= 11 is 0. The Labute approximate surface area is 80.9 Å². The van der Waals surface area contributed by atoms with Crippen LogP contribution in [0.1, 0.15) is 51.9 Å². The van der Waals surface area contributed by atoms with Gasteiger partial charge in [-0.1, -0.05) is 25.7 Å². The van der Waals surface area contributed by atoms with Crippen LogP contribution in [0.3, 0.4) is 0 Å². The van der Waals surface area contributed by atoms with Crippen molar-refractivity contribution in [2.24, 2.45) is 17.8 Å². The number of rotatable bonds is 3.